The number of nitrogens with zero attached hydrogens (tertiary/aromatic N) is 1. The van der Waals surface area contributed by atoms with Gasteiger partial charge < -0.3 is 15.0 Å². The maximum Gasteiger partial charge on any atom is 0.220 e. The molecule has 1 amide bonds. The monoisotopic (exact) mass is 316 g/mol. The number of rotatable bonds is 6. The van der Waals surface area contributed by atoms with Gasteiger partial charge in [0.15, 0.2) is 0 Å². The molecule has 0 radical (unpaired) electrons. The molecular formula is C19H28N2O2. The minimum Gasteiger partial charge on any atom is -0.378 e. The minimum atomic E-state index is 0.176. The van der Waals surface area contributed by atoms with Crippen molar-refractivity contribution in [2.45, 2.75) is 44.8 Å². The van der Waals surface area contributed by atoms with E-state index < -0.39 is 0 Å². The first-order valence-corrected chi connectivity index (χ1v) is 8.77. The van der Waals surface area contributed by atoms with Crippen LogP contribution in [0.4, 0.5) is 5.69 Å². The molecule has 2 fully saturated rings. The Hall–Kier alpha value is -1.55. The Morgan fingerprint density at radius 3 is 2.70 bits per heavy atom. The molecule has 1 saturated carbocycles. The van der Waals surface area contributed by atoms with Gasteiger partial charge in [-0.15, -0.1) is 0 Å². The van der Waals surface area contributed by atoms with Crippen molar-refractivity contribution in [3.63, 3.8) is 0 Å². The number of nitrogens with one attached hydrogen (secondary N) is 1. The number of anilines is 1. The Morgan fingerprint density at radius 1 is 1.30 bits per heavy atom. The molecule has 0 bridgehead atoms. The highest BCUT2D eigenvalue weighted by atomic mass is 16.5. The second-order valence-corrected chi connectivity index (χ2v) is 7.01. The summed E-state index contributed by atoms with van der Waals surface area (Å²) in [5.41, 5.74) is 2.40. The van der Waals surface area contributed by atoms with Crippen molar-refractivity contribution in [1.82, 2.24) is 5.32 Å². The highest BCUT2D eigenvalue weighted by Gasteiger charge is 2.53. The van der Waals surface area contributed by atoms with E-state index in [-0.39, 0.29) is 5.91 Å². The van der Waals surface area contributed by atoms with E-state index in [9.17, 15) is 4.79 Å². The van der Waals surface area contributed by atoms with E-state index in [1.807, 2.05) is 14.1 Å². The fourth-order valence-electron chi connectivity index (χ4n) is 4.01. The summed E-state index contributed by atoms with van der Waals surface area (Å²) in [6.45, 7) is 3.05. The lowest BCUT2D eigenvalue weighted by atomic mass is 9.65. The highest BCUT2D eigenvalue weighted by molar-refractivity contribution is 5.76. The molecule has 1 aliphatic heterocycles. The number of fused-ring (bicyclic) bond motifs is 1. The fourth-order valence-corrected chi connectivity index (χ4v) is 4.01. The van der Waals surface area contributed by atoms with Crippen LogP contribution in [0, 0.1) is 11.8 Å². The Labute approximate surface area is 139 Å². The summed E-state index contributed by atoms with van der Waals surface area (Å²) >= 11 is 0. The molecule has 1 heterocycles. The molecule has 3 rings (SSSR count). The summed E-state index contributed by atoms with van der Waals surface area (Å²) in [5, 5.41) is 3.26. The highest BCUT2D eigenvalue weighted by Crippen LogP contribution is 2.45. The number of benzene rings is 1. The lowest BCUT2D eigenvalue weighted by Crippen LogP contribution is -2.61. The standard InChI is InChI=1S/C19H28N2O2/c1-4-15-18(16-11-12-23-19(15)16)20-17(22)10-7-13-5-8-14(9-6-13)21(2)3/h5-6,8-9,15-16,18-19H,4,7,10-12H2,1-3H3,(H,20,22)/t15-,16+,18-,19-/m1/s1. The van der Waals surface area contributed by atoms with E-state index >= 15 is 0 Å². The van der Waals surface area contributed by atoms with Crippen LogP contribution in [0.2, 0.25) is 0 Å². The van der Waals surface area contributed by atoms with E-state index in [2.05, 4.69) is 41.4 Å². The van der Waals surface area contributed by atoms with E-state index in [1.165, 1.54) is 11.3 Å². The fraction of sp³-hybridized carbons (Fsp3) is 0.632. The van der Waals surface area contributed by atoms with Gasteiger partial charge in [0, 0.05) is 50.7 Å². The van der Waals surface area contributed by atoms with Crippen LogP contribution in [0.5, 0.6) is 0 Å². The van der Waals surface area contributed by atoms with Crippen LogP contribution in [-0.4, -0.2) is 38.8 Å². The third kappa shape index (κ3) is 3.37. The van der Waals surface area contributed by atoms with Crippen LogP contribution in [0.3, 0.4) is 0 Å². The summed E-state index contributed by atoms with van der Waals surface area (Å²) in [6, 6.07) is 8.76. The van der Waals surface area contributed by atoms with Crippen LogP contribution >= 0.6 is 0 Å². The minimum absolute atomic E-state index is 0.176. The number of aryl methyl sites for hydroxylation is 1. The van der Waals surface area contributed by atoms with Gasteiger partial charge in [0.1, 0.15) is 0 Å². The molecule has 1 aliphatic carbocycles. The zero-order valence-electron chi connectivity index (χ0n) is 14.4. The molecule has 4 nitrogen and oxygen atoms in total. The molecule has 0 unspecified atom stereocenters. The maximum absolute atomic E-state index is 12.3. The molecule has 4 atom stereocenters. The molecule has 2 aliphatic rings. The first kappa shape index (κ1) is 16.3. The lowest BCUT2D eigenvalue weighted by molar-refractivity contribution is -0.127. The van der Waals surface area contributed by atoms with Crippen LogP contribution in [-0.2, 0) is 16.0 Å². The molecule has 1 N–H and O–H groups in total. The predicted octanol–water partition coefficient (Wildman–Crippen LogP) is 2.61. The largest absolute Gasteiger partial charge is 0.378 e. The third-order valence-corrected chi connectivity index (χ3v) is 5.42. The van der Waals surface area contributed by atoms with Crippen molar-refractivity contribution >= 4 is 11.6 Å². The zero-order chi connectivity index (χ0) is 16.4. The van der Waals surface area contributed by atoms with Gasteiger partial charge in [-0.3, -0.25) is 4.79 Å². The van der Waals surface area contributed by atoms with Gasteiger partial charge in [-0.1, -0.05) is 19.1 Å². The van der Waals surface area contributed by atoms with E-state index in [4.69, 9.17) is 4.74 Å². The SMILES string of the molecule is CC[C@@H]1[C@@H](NC(=O)CCc2ccc(N(C)C)cc2)[C@@H]2CCO[C@H]12. The molecule has 126 valence electrons. The van der Waals surface area contributed by atoms with Crippen LogP contribution in [0.1, 0.15) is 31.7 Å². The summed E-state index contributed by atoms with van der Waals surface area (Å²) < 4.78 is 5.77. The van der Waals surface area contributed by atoms with Crippen molar-refractivity contribution in [2.24, 2.45) is 11.8 Å². The van der Waals surface area contributed by atoms with E-state index in [1.54, 1.807) is 0 Å². The molecular weight excluding hydrogens is 288 g/mol. The molecule has 4 heteroatoms. The summed E-state index contributed by atoms with van der Waals surface area (Å²) in [6.07, 6.45) is 3.93. The third-order valence-electron chi connectivity index (χ3n) is 5.42. The molecule has 0 aromatic heterocycles. The number of ether oxygens (including phenoxy) is 1. The molecule has 1 aromatic rings. The molecule has 0 spiro atoms. The first-order chi connectivity index (χ1) is 11.1. The maximum atomic E-state index is 12.3. The van der Waals surface area contributed by atoms with Crippen LogP contribution in [0.25, 0.3) is 0 Å². The van der Waals surface area contributed by atoms with Gasteiger partial charge >= 0.3 is 0 Å². The van der Waals surface area contributed by atoms with Crippen LogP contribution < -0.4 is 10.2 Å². The summed E-state index contributed by atoms with van der Waals surface area (Å²) in [7, 11) is 4.07. The van der Waals surface area contributed by atoms with Gasteiger partial charge in [0.2, 0.25) is 5.91 Å². The number of hydrogen-bond donors (Lipinski definition) is 1. The van der Waals surface area contributed by atoms with Gasteiger partial charge in [0.05, 0.1) is 6.10 Å². The quantitative estimate of drug-likeness (QED) is 0.877. The van der Waals surface area contributed by atoms with Gasteiger partial charge in [-0.2, -0.15) is 0 Å². The van der Waals surface area contributed by atoms with E-state index in [0.717, 1.165) is 25.9 Å². The molecule has 1 saturated heterocycles. The van der Waals surface area contributed by atoms with Gasteiger partial charge in [-0.25, -0.2) is 0 Å². The smallest absolute Gasteiger partial charge is 0.220 e. The van der Waals surface area contributed by atoms with Gasteiger partial charge in [-0.05, 0) is 37.0 Å². The summed E-state index contributed by atoms with van der Waals surface area (Å²) in [4.78, 5) is 14.4. The Kier molecular flexibility index (Phi) is 4.90. The Morgan fingerprint density at radius 2 is 2.04 bits per heavy atom. The first-order valence-electron chi connectivity index (χ1n) is 8.77. The Balaban J connectivity index is 1.48. The van der Waals surface area contributed by atoms with E-state index in [0.29, 0.717) is 30.4 Å². The van der Waals surface area contributed by atoms with Crippen molar-refractivity contribution in [3.05, 3.63) is 29.8 Å². The normalized spacial score (nSPS) is 28.8. The number of amides is 1. The van der Waals surface area contributed by atoms with Gasteiger partial charge in [0.25, 0.3) is 0 Å². The topological polar surface area (TPSA) is 41.6 Å². The van der Waals surface area contributed by atoms with Crippen LogP contribution in [0.15, 0.2) is 24.3 Å². The van der Waals surface area contributed by atoms with Crippen molar-refractivity contribution in [3.8, 4) is 0 Å². The molecule has 1 aromatic carbocycles. The lowest BCUT2D eigenvalue weighted by Gasteiger charge is -2.47. The second kappa shape index (κ2) is 6.91. The zero-order valence-corrected chi connectivity index (χ0v) is 14.4. The number of hydrogen-bond acceptors (Lipinski definition) is 3. The number of carbonyl (C=O) groups is 1. The average molecular weight is 316 g/mol. The second-order valence-electron chi connectivity index (χ2n) is 7.01. The number of carbonyl (C=O) groups excluding carboxylic acids is 1. The van der Waals surface area contributed by atoms with Crippen molar-refractivity contribution < 1.29 is 9.53 Å². The van der Waals surface area contributed by atoms with Crippen molar-refractivity contribution in [1.29, 1.82) is 0 Å². The van der Waals surface area contributed by atoms with Crippen molar-refractivity contribution in [2.75, 3.05) is 25.6 Å². The molecule has 23 heavy (non-hydrogen) atoms. The average Bonchev–Trinajstić information content (AvgIpc) is 2.96. The Bertz CT molecular complexity index is 541. The summed E-state index contributed by atoms with van der Waals surface area (Å²) in [5.74, 6) is 1.23. The predicted molar refractivity (Wildman–Crippen MR) is 92.6 cm³/mol.